The zero-order chi connectivity index (χ0) is 19.4. The van der Waals surface area contributed by atoms with Gasteiger partial charge in [0.05, 0.1) is 6.61 Å². The largest absolute Gasteiger partial charge is 0.494 e. The molecule has 7 nitrogen and oxygen atoms in total. The van der Waals surface area contributed by atoms with Gasteiger partial charge in [0.1, 0.15) is 11.2 Å². The van der Waals surface area contributed by atoms with E-state index in [1.165, 1.54) is 4.90 Å². The summed E-state index contributed by atoms with van der Waals surface area (Å²) in [6.07, 6.45) is 1.90. The third-order valence-corrected chi connectivity index (χ3v) is 5.64. The monoisotopic (exact) mass is 375 g/mol. The highest BCUT2D eigenvalue weighted by atomic mass is 16.5. The number of ether oxygens (including phenoxy) is 1. The molecule has 2 fully saturated rings. The molecule has 27 heavy (non-hydrogen) atoms. The number of benzene rings is 1. The lowest BCUT2D eigenvalue weighted by Crippen LogP contribution is -2.44. The molecular formula is C20H29N3O4. The van der Waals surface area contributed by atoms with E-state index in [2.05, 4.69) is 4.90 Å². The Kier molecular flexibility index (Phi) is 5.89. The van der Waals surface area contributed by atoms with Crippen LogP contribution in [0.3, 0.4) is 0 Å². The number of amides is 2. The van der Waals surface area contributed by atoms with E-state index in [1.54, 1.807) is 19.0 Å². The molecule has 7 heteroatoms. The van der Waals surface area contributed by atoms with E-state index in [0.29, 0.717) is 26.2 Å². The highest BCUT2D eigenvalue weighted by Gasteiger charge is 2.58. The van der Waals surface area contributed by atoms with Crippen molar-refractivity contribution >= 4 is 12.0 Å². The number of unbranched alkanes of at least 4 members (excludes halogenated alkanes) is 1. The summed E-state index contributed by atoms with van der Waals surface area (Å²) in [6, 6.07) is 9.65. The molecule has 0 aliphatic carbocycles. The number of carbonyl (C=O) groups excluding carboxylic acids is 1. The molecule has 3 rings (SSSR count). The van der Waals surface area contributed by atoms with E-state index in [1.807, 2.05) is 30.3 Å². The first-order valence-electron chi connectivity index (χ1n) is 9.52. The molecule has 0 saturated carbocycles. The van der Waals surface area contributed by atoms with Crippen molar-refractivity contribution < 1.29 is 19.4 Å². The fourth-order valence-corrected chi connectivity index (χ4v) is 4.21. The highest BCUT2D eigenvalue weighted by Crippen LogP contribution is 2.43. The average molecular weight is 375 g/mol. The lowest BCUT2D eigenvalue weighted by molar-refractivity contribution is -0.148. The van der Waals surface area contributed by atoms with Gasteiger partial charge in [0.15, 0.2) is 0 Å². The Morgan fingerprint density at radius 3 is 2.56 bits per heavy atom. The van der Waals surface area contributed by atoms with Gasteiger partial charge in [-0.2, -0.15) is 0 Å². The Morgan fingerprint density at radius 1 is 1.19 bits per heavy atom. The van der Waals surface area contributed by atoms with Gasteiger partial charge in [0, 0.05) is 46.2 Å². The fraction of sp³-hybridized carbons (Fsp3) is 0.600. The molecule has 2 atom stereocenters. The minimum absolute atomic E-state index is 0.000492. The number of urea groups is 1. The van der Waals surface area contributed by atoms with E-state index >= 15 is 0 Å². The number of aliphatic carboxylic acids is 1. The second-order valence-electron chi connectivity index (χ2n) is 7.82. The van der Waals surface area contributed by atoms with Crippen LogP contribution in [-0.2, 0) is 4.79 Å². The Morgan fingerprint density at radius 2 is 1.93 bits per heavy atom. The van der Waals surface area contributed by atoms with Crippen LogP contribution in [0.15, 0.2) is 30.3 Å². The number of carbonyl (C=O) groups is 2. The van der Waals surface area contributed by atoms with Gasteiger partial charge in [0.25, 0.3) is 0 Å². The fourth-order valence-electron chi connectivity index (χ4n) is 4.21. The number of fused-ring (bicyclic) bond motifs is 1. The molecule has 2 aliphatic heterocycles. The summed E-state index contributed by atoms with van der Waals surface area (Å²) in [5.74, 6) is 0.0969. The third kappa shape index (κ3) is 4.18. The van der Waals surface area contributed by atoms with Crippen molar-refractivity contribution in [1.29, 1.82) is 0 Å². The third-order valence-electron chi connectivity index (χ3n) is 5.64. The number of carboxylic acid groups (broad SMARTS) is 1. The second kappa shape index (κ2) is 8.17. The van der Waals surface area contributed by atoms with Crippen molar-refractivity contribution in [2.24, 2.45) is 11.3 Å². The van der Waals surface area contributed by atoms with Gasteiger partial charge in [0.2, 0.25) is 0 Å². The molecule has 1 aromatic rings. The summed E-state index contributed by atoms with van der Waals surface area (Å²) >= 11 is 0. The molecule has 0 unspecified atom stereocenters. The van der Waals surface area contributed by atoms with E-state index in [4.69, 9.17) is 4.74 Å². The summed E-state index contributed by atoms with van der Waals surface area (Å²) in [4.78, 5) is 29.7. The smallest absolute Gasteiger partial charge is 0.319 e. The van der Waals surface area contributed by atoms with Crippen LogP contribution in [0.5, 0.6) is 5.75 Å². The zero-order valence-electron chi connectivity index (χ0n) is 16.1. The first-order chi connectivity index (χ1) is 12.9. The van der Waals surface area contributed by atoms with E-state index < -0.39 is 11.4 Å². The molecular weight excluding hydrogens is 346 g/mol. The van der Waals surface area contributed by atoms with Gasteiger partial charge in [-0.05, 0) is 31.5 Å². The molecule has 148 valence electrons. The quantitative estimate of drug-likeness (QED) is 0.737. The van der Waals surface area contributed by atoms with Gasteiger partial charge in [-0.3, -0.25) is 4.79 Å². The number of hydrogen-bond donors (Lipinski definition) is 1. The molecule has 2 saturated heterocycles. The first-order valence-corrected chi connectivity index (χ1v) is 9.52. The first kappa shape index (κ1) is 19.5. The van der Waals surface area contributed by atoms with Crippen molar-refractivity contribution in [2.75, 3.05) is 53.4 Å². The summed E-state index contributed by atoms with van der Waals surface area (Å²) in [5.41, 5.74) is -0.827. The Hall–Kier alpha value is -2.28. The normalized spacial score (nSPS) is 24.7. The number of likely N-dealkylation sites (tertiary alicyclic amines) is 2. The Balaban J connectivity index is 1.46. The molecule has 0 aromatic heterocycles. The lowest BCUT2D eigenvalue weighted by atomic mass is 9.81. The Labute approximate surface area is 160 Å². The van der Waals surface area contributed by atoms with Crippen molar-refractivity contribution in [2.45, 2.75) is 12.8 Å². The predicted octanol–water partition coefficient (Wildman–Crippen LogP) is 1.85. The SMILES string of the molecule is CN(C)C(=O)N1C[C@@H]2CN(CCCCOc3ccccc3)C[C@]2(C(=O)O)C1. The summed E-state index contributed by atoms with van der Waals surface area (Å²) in [7, 11) is 3.40. The molecule has 0 radical (unpaired) electrons. The van der Waals surface area contributed by atoms with Gasteiger partial charge >= 0.3 is 12.0 Å². The van der Waals surface area contributed by atoms with E-state index in [0.717, 1.165) is 31.7 Å². The van der Waals surface area contributed by atoms with Crippen LogP contribution in [0, 0.1) is 11.3 Å². The van der Waals surface area contributed by atoms with Crippen LogP contribution < -0.4 is 4.74 Å². The number of rotatable bonds is 7. The highest BCUT2D eigenvalue weighted by molar-refractivity contribution is 5.80. The minimum atomic E-state index is -0.827. The molecule has 2 aliphatic rings. The summed E-state index contributed by atoms with van der Waals surface area (Å²) in [6.45, 7) is 3.61. The van der Waals surface area contributed by atoms with Crippen LogP contribution in [-0.4, -0.2) is 85.2 Å². The van der Waals surface area contributed by atoms with Crippen LogP contribution in [0.25, 0.3) is 0 Å². The van der Waals surface area contributed by atoms with E-state index in [-0.39, 0.29) is 11.9 Å². The number of carboxylic acids is 1. The average Bonchev–Trinajstić information content (AvgIpc) is 3.16. The molecule has 0 bridgehead atoms. The molecule has 2 heterocycles. The molecule has 1 aromatic carbocycles. The Bertz CT molecular complexity index is 666. The predicted molar refractivity (Wildman–Crippen MR) is 102 cm³/mol. The zero-order valence-corrected chi connectivity index (χ0v) is 16.1. The van der Waals surface area contributed by atoms with Gasteiger partial charge in [-0.1, -0.05) is 18.2 Å². The standard InChI is InChI=1S/C20H29N3O4/c1-21(2)19(26)23-13-16-12-22(14-20(16,15-23)18(24)25)10-6-7-11-27-17-8-4-3-5-9-17/h3-5,8-9,16H,6-7,10-15H2,1-2H3,(H,24,25)/t16-,20-/m0/s1. The lowest BCUT2D eigenvalue weighted by Gasteiger charge is -2.27. The van der Waals surface area contributed by atoms with Crippen molar-refractivity contribution in [3.63, 3.8) is 0 Å². The van der Waals surface area contributed by atoms with Gasteiger partial charge in [-0.25, -0.2) is 4.79 Å². The van der Waals surface area contributed by atoms with Crippen LogP contribution in [0.2, 0.25) is 0 Å². The van der Waals surface area contributed by atoms with Gasteiger partial charge < -0.3 is 24.5 Å². The van der Waals surface area contributed by atoms with Gasteiger partial charge in [-0.15, -0.1) is 0 Å². The maximum atomic E-state index is 12.2. The van der Waals surface area contributed by atoms with E-state index in [9.17, 15) is 14.7 Å². The minimum Gasteiger partial charge on any atom is -0.494 e. The van der Waals surface area contributed by atoms with Crippen LogP contribution in [0.1, 0.15) is 12.8 Å². The number of nitrogens with zero attached hydrogens (tertiary/aromatic N) is 3. The maximum Gasteiger partial charge on any atom is 0.319 e. The topological polar surface area (TPSA) is 73.3 Å². The van der Waals surface area contributed by atoms with Crippen molar-refractivity contribution in [3.05, 3.63) is 30.3 Å². The van der Waals surface area contributed by atoms with Crippen LogP contribution >= 0.6 is 0 Å². The summed E-state index contributed by atoms with van der Waals surface area (Å²) in [5, 5.41) is 9.87. The number of hydrogen-bond acceptors (Lipinski definition) is 4. The number of para-hydroxylation sites is 1. The van der Waals surface area contributed by atoms with Crippen molar-refractivity contribution in [3.8, 4) is 5.75 Å². The maximum absolute atomic E-state index is 12.2. The van der Waals surface area contributed by atoms with Crippen LogP contribution in [0.4, 0.5) is 4.79 Å². The molecule has 2 amide bonds. The summed E-state index contributed by atoms with van der Waals surface area (Å²) < 4.78 is 5.70. The molecule has 1 N–H and O–H groups in total. The second-order valence-corrected chi connectivity index (χ2v) is 7.82. The van der Waals surface area contributed by atoms with Crippen molar-refractivity contribution in [1.82, 2.24) is 14.7 Å². The molecule has 0 spiro atoms.